The van der Waals surface area contributed by atoms with Crippen LogP contribution >= 0.6 is 0 Å². The largest absolute Gasteiger partial charge is 0.309 e. The first-order valence-electron chi connectivity index (χ1n) is 16.2. The number of aromatic nitrogens is 1. The van der Waals surface area contributed by atoms with Crippen molar-refractivity contribution in [1.82, 2.24) is 4.57 Å². The second kappa shape index (κ2) is 9.19. The molecule has 0 fully saturated rings. The SMILES string of the molecule is CC1(C)c2ccccc2-c2cc3c4c5c6ccccc6c6ccccc6c5ccc4n(-c4ccc(-c5ccccc5)cc4)c3cc21. The summed E-state index contributed by atoms with van der Waals surface area (Å²) >= 11 is 0. The monoisotopic (exact) mass is 585 g/mol. The highest BCUT2D eigenvalue weighted by Crippen LogP contribution is 2.52. The molecule has 8 aromatic carbocycles. The third kappa shape index (κ3) is 3.35. The quantitative estimate of drug-likeness (QED) is 0.178. The smallest absolute Gasteiger partial charge is 0.0547 e. The zero-order valence-electron chi connectivity index (χ0n) is 25.9. The molecule has 9 aromatic rings. The summed E-state index contributed by atoms with van der Waals surface area (Å²) in [5.41, 5.74) is 11.6. The van der Waals surface area contributed by atoms with E-state index in [1.165, 1.54) is 93.2 Å². The van der Waals surface area contributed by atoms with Crippen LogP contribution in [0.25, 0.3) is 82.1 Å². The molecule has 1 nitrogen and oxygen atoms in total. The van der Waals surface area contributed by atoms with Crippen molar-refractivity contribution >= 4 is 54.1 Å². The second-order valence-corrected chi connectivity index (χ2v) is 13.3. The van der Waals surface area contributed by atoms with Gasteiger partial charge in [-0.15, -0.1) is 0 Å². The van der Waals surface area contributed by atoms with Gasteiger partial charge in [-0.2, -0.15) is 0 Å². The third-order valence-corrected chi connectivity index (χ3v) is 10.6. The van der Waals surface area contributed by atoms with Crippen LogP contribution in [0.15, 0.2) is 152 Å². The lowest BCUT2D eigenvalue weighted by Crippen LogP contribution is -2.14. The van der Waals surface area contributed by atoms with Crippen molar-refractivity contribution in [3.63, 3.8) is 0 Å². The third-order valence-electron chi connectivity index (χ3n) is 10.6. The molecular formula is C45H31N. The predicted octanol–water partition coefficient (Wildman–Crippen LogP) is 12.2. The zero-order valence-corrected chi connectivity index (χ0v) is 25.9. The van der Waals surface area contributed by atoms with Crippen molar-refractivity contribution in [3.8, 4) is 27.9 Å². The van der Waals surface area contributed by atoms with Crippen molar-refractivity contribution in [2.24, 2.45) is 0 Å². The molecule has 0 bridgehead atoms. The molecule has 0 amide bonds. The van der Waals surface area contributed by atoms with Gasteiger partial charge in [0.2, 0.25) is 0 Å². The van der Waals surface area contributed by atoms with Crippen LogP contribution in [-0.2, 0) is 5.41 Å². The molecule has 1 aromatic heterocycles. The van der Waals surface area contributed by atoms with Gasteiger partial charge in [0.05, 0.1) is 11.0 Å². The fourth-order valence-corrected chi connectivity index (χ4v) is 8.41. The summed E-state index contributed by atoms with van der Waals surface area (Å²) in [4.78, 5) is 0. The van der Waals surface area contributed by atoms with E-state index in [-0.39, 0.29) is 5.41 Å². The lowest BCUT2D eigenvalue weighted by atomic mass is 9.82. The maximum absolute atomic E-state index is 2.50. The van der Waals surface area contributed by atoms with Gasteiger partial charge in [-0.25, -0.2) is 0 Å². The zero-order chi connectivity index (χ0) is 30.6. The molecular weight excluding hydrogens is 555 g/mol. The van der Waals surface area contributed by atoms with E-state index >= 15 is 0 Å². The lowest BCUT2D eigenvalue weighted by Gasteiger charge is -2.21. The Morgan fingerprint density at radius 1 is 0.391 bits per heavy atom. The minimum atomic E-state index is -0.0798. The number of benzene rings is 8. The van der Waals surface area contributed by atoms with Crippen molar-refractivity contribution < 1.29 is 0 Å². The van der Waals surface area contributed by atoms with E-state index in [2.05, 4.69) is 170 Å². The van der Waals surface area contributed by atoms with Crippen LogP contribution in [0.1, 0.15) is 25.0 Å². The maximum Gasteiger partial charge on any atom is 0.0547 e. The molecule has 0 N–H and O–H groups in total. The summed E-state index contributed by atoms with van der Waals surface area (Å²) in [6.07, 6.45) is 0. The summed E-state index contributed by atoms with van der Waals surface area (Å²) < 4.78 is 2.50. The van der Waals surface area contributed by atoms with Gasteiger partial charge >= 0.3 is 0 Å². The average molecular weight is 586 g/mol. The molecule has 1 aliphatic carbocycles. The molecule has 0 atom stereocenters. The molecule has 216 valence electrons. The highest BCUT2D eigenvalue weighted by atomic mass is 15.0. The van der Waals surface area contributed by atoms with E-state index < -0.39 is 0 Å². The van der Waals surface area contributed by atoms with Gasteiger partial charge in [-0.05, 0) is 90.6 Å². The Labute approximate surface area is 268 Å². The van der Waals surface area contributed by atoms with Crippen molar-refractivity contribution in [2.45, 2.75) is 19.3 Å². The Morgan fingerprint density at radius 2 is 0.978 bits per heavy atom. The van der Waals surface area contributed by atoms with Crippen LogP contribution in [0.2, 0.25) is 0 Å². The van der Waals surface area contributed by atoms with E-state index in [9.17, 15) is 0 Å². The molecule has 1 heteroatoms. The van der Waals surface area contributed by atoms with Gasteiger partial charge in [0.25, 0.3) is 0 Å². The fourth-order valence-electron chi connectivity index (χ4n) is 8.41. The summed E-state index contributed by atoms with van der Waals surface area (Å²) in [5, 5.41) is 10.5. The Hall–Kier alpha value is -5.66. The van der Waals surface area contributed by atoms with E-state index in [4.69, 9.17) is 0 Å². The highest BCUT2D eigenvalue weighted by Gasteiger charge is 2.36. The van der Waals surface area contributed by atoms with Crippen LogP contribution in [0.3, 0.4) is 0 Å². The summed E-state index contributed by atoms with van der Waals surface area (Å²) in [6.45, 7) is 4.75. The van der Waals surface area contributed by atoms with Crippen LogP contribution in [0, 0.1) is 0 Å². The van der Waals surface area contributed by atoms with Crippen LogP contribution < -0.4 is 0 Å². The molecule has 1 heterocycles. The first kappa shape index (κ1) is 25.6. The number of fused-ring (bicyclic) bond motifs is 13. The fraction of sp³-hybridized carbons (Fsp3) is 0.0667. The first-order chi connectivity index (χ1) is 22.6. The maximum atomic E-state index is 2.50. The molecule has 10 rings (SSSR count). The van der Waals surface area contributed by atoms with Gasteiger partial charge in [0, 0.05) is 27.3 Å². The molecule has 46 heavy (non-hydrogen) atoms. The Balaban J connectivity index is 1.38. The Morgan fingerprint density at radius 3 is 1.72 bits per heavy atom. The Kier molecular flexibility index (Phi) is 5.12. The summed E-state index contributed by atoms with van der Waals surface area (Å²) in [5.74, 6) is 0. The molecule has 0 saturated carbocycles. The predicted molar refractivity (Wildman–Crippen MR) is 196 cm³/mol. The standard InChI is InChI=1S/C45H31N/c1-45(2)39-19-11-10-17-34(39)37-26-38-42(27-40(37)45)46(30-22-20-29(21-23-30)28-12-4-3-5-13-28)41-25-24-36-33-16-7-6-14-31(33)32-15-8-9-18-35(32)43(36)44(38)41/h3-27H,1-2H3. The van der Waals surface area contributed by atoms with Crippen LogP contribution in [0.5, 0.6) is 0 Å². The van der Waals surface area contributed by atoms with Crippen LogP contribution in [-0.4, -0.2) is 4.57 Å². The molecule has 0 spiro atoms. The topological polar surface area (TPSA) is 4.93 Å². The minimum Gasteiger partial charge on any atom is -0.309 e. The van der Waals surface area contributed by atoms with Gasteiger partial charge in [-0.1, -0.05) is 135 Å². The number of nitrogens with zero attached hydrogens (tertiary/aromatic N) is 1. The minimum absolute atomic E-state index is 0.0798. The average Bonchev–Trinajstić information content (AvgIpc) is 3.56. The van der Waals surface area contributed by atoms with Crippen molar-refractivity contribution in [2.75, 3.05) is 0 Å². The molecule has 0 unspecified atom stereocenters. The summed E-state index contributed by atoms with van der Waals surface area (Å²) in [6, 6.07) is 56.3. The van der Waals surface area contributed by atoms with Gasteiger partial charge in [-0.3, -0.25) is 0 Å². The van der Waals surface area contributed by atoms with Gasteiger partial charge in [0.1, 0.15) is 0 Å². The van der Waals surface area contributed by atoms with Gasteiger partial charge < -0.3 is 4.57 Å². The highest BCUT2D eigenvalue weighted by molar-refractivity contribution is 6.35. The van der Waals surface area contributed by atoms with E-state index in [0.717, 1.165) is 0 Å². The van der Waals surface area contributed by atoms with Crippen molar-refractivity contribution in [1.29, 1.82) is 0 Å². The first-order valence-corrected chi connectivity index (χ1v) is 16.2. The number of hydrogen-bond acceptors (Lipinski definition) is 0. The van der Waals surface area contributed by atoms with E-state index in [1.807, 2.05) is 0 Å². The molecule has 1 aliphatic rings. The van der Waals surface area contributed by atoms with Gasteiger partial charge in [0.15, 0.2) is 0 Å². The normalized spacial score (nSPS) is 13.6. The molecule has 0 radical (unpaired) electrons. The van der Waals surface area contributed by atoms with E-state index in [0.29, 0.717) is 0 Å². The Bertz CT molecular complexity index is 2650. The second-order valence-electron chi connectivity index (χ2n) is 13.3. The van der Waals surface area contributed by atoms with Crippen LogP contribution in [0.4, 0.5) is 0 Å². The lowest BCUT2D eigenvalue weighted by molar-refractivity contribution is 0.661. The number of hydrogen-bond donors (Lipinski definition) is 0. The molecule has 0 aliphatic heterocycles. The van der Waals surface area contributed by atoms with Crippen molar-refractivity contribution in [3.05, 3.63) is 163 Å². The summed E-state index contributed by atoms with van der Waals surface area (Å²) in [7, 11) is 0. The number of rotatable bonds is 2. The van der Waals surface area contributed by atoms with E-state index in [1.54, 1.807) is 0 Å². The molecule has 0 saturated heterocycles.